The van der Waals surface area contributed by atoms with Crippen molar-refractivity contribution in [2.45, 2.75) is 30.8 Å². The van der Waals surface area contributed by atoms with E-state index in [2.05, 4.69) is 20.4 Å². The molecule has 0 spiro atoms. The highest BCUT2D eigenvalue weighted by atomic mass is 35.5. The molecule has 0 bridgehead atoms. The van der Waals surface area contributed by atoms with Gasteiger partial charge in [0.1, 0.15) is 5.01 Å². The van der Waals surface area contributed by atoms with Crippen LogP contribution in [0.4, 0.5) is 0 Å². The number of nitrogens with one attached hydrogen (secondary N) is 1. The van der Waals surface area contributed by atoms with Crippen LogP contribution in [-0.4, -0.2) is 25.0 Å². The number of rotatable bonds is 4. The van der Waals surface area contributed by atoms with Gasteiger partial charge in [0.25, 0.3) is 0 Å². The van der Waals surface area contributed by atoms with Crippen molar-refractivity contribution in [3.63, 3.8) is 0 Å². The Bertz CT molecular complexity index is 560. The molecule has 0 aliphatic heterocycles. The van der Waals surface area contributed by atoms with Crippen LogP contribution < -0.4 is 5.69 Å². The van der Waals surface area contributed by atoms with Crippen LogP contribution in [0.15, 0.2) is 9.95 Å². The van der Waals surface area contributed by atoms with Crippen LogP contribution in [0.5, 0.6) is 0 Å². The average Bonchev–Trinajstić information content (AvgIpc) is 2.82. The third kappa shape index (κ3) is 2.88. The molecule has 17 heavy (non-hydrogen) atoms. The molecule has 0 aliphatic carbocycles. The molecule has 2 aromatic rings. The monoisotopic (exact) mass is 291 g/mol. The fourth-order valence-electron chi connectivity index (χ4n) is 1.27. The fourth-order valence-corrected chi connectivity index (χ4v) is 3.19. The Morgan fingerprint density at radius 2 is 2.29 bits per heavy atom. The number of hydrogen-bond donors (Lipinski definition) is 1. The molecule has 0 saturated carbocycles. The average molecular weight is 292 g/mol. The lowest BCUT2D eigenvalue weighted by atomic mass is 10.4. The second-order valence-corrected chi connectivity index (χ2v) is 6.10. The van der Waals surface area contributed by atoms with Gasteiger partial charge in [-0.15, -0.1) is 15.3 Å². The van der Waals surface area contributed by atoms with E-state index in [4.69, 9.17) is 11.6 Å². The SMILES string of the molecule is CC(C)n1c(SCc2nnc(Cl)s2)n[nH]c1=O. The van der Waals surface area contributed by atoms with Crippen molar-refractivity contribution in [2.24, 2.45) is 0 Å². The minimum Gasteiger partial charge on any atom is -0.268 e. The number of aromatic nitrogens is 5. The van der Waals surface area contributed by atoms with Crippen LogP contribution in [0, 0.1) is 0 Å². The van der Waals surface area contributed by atoms with Crippen LogP contribution in [0.3, 0.4) is 0 Å². The third-order valence-corrected chi connectivity index (χ3v) is 4.12. The quantitative estimate of drug-likeness (QED) is 0.871. The summed E-state index contributed by atoms with van der Waals surface area (Å²) in [5.41, 5.74) is -0.196. The number of nitrogens with zero attached hydrogens (tertiary/aromatic N) is 4. The van der Waals surface area contributed by atoms with Crippen molar-refractivity contribution in [1.82, 2.24) is 25.0 Å². The topological polar surface area (TPSA) is 76.5 Å². The molecule has 0 amide bonds. The van der Waals surface area contributed by atoms with Crippen molar-refractivity contribution < 1.29 is 0 Å². The minimum absolute atomic E-state index is 0.0711. The number of H-pyrrole nitrogens is 1. The number of hydrogen-bond acceptors (Lipinski definition) is 6. The predicted molar refractivity (Wildman–Crippen MR) is 67.7 cm³/mol. The summed E-state index contributed by atoms with van der Waals surface area (Å²) < 4.78 is 2.02. The van der Waals surface area contributed by atoms with Crippen molar-refractivity contribution in [2.75, 3.05) is 0 Å². The molecule has 0 aromatic carbocycles. The van der Waals surface area contributed by atoms with E-state index in [9.17, 15) is 4.79 Å². The molecule has 92 valence electrons. The van der Waals surface area contributed by atoms with Crippen LogP contribution in [0.2, 0.25) is 4.47 Å². The molecule has 2 rings (SSSR count). The van der Waals surface area contributed by atoms with E-state index < -0.39 is 0 Å². The van der Waals surface area contributed by atoms with Gasteiger partial charge >= 0.3 is 5.69 Å². The highest BCUT2D eigenvalue weighted by Gasteiger charge is 2.12. The Balaban J connectivity index is 2.12. The van der Waals surface area contributed by atoms with E-state index in [0.717, 1.165) is 5.01 Å². The lowest BCUT2D eigenvalue weighted by molar-refractivity contribution is 0.534. The lowest BCUT2D eigenvalue weighted by Gasteiger charge is -2.07. The first-order chi connectivity index (χ1) is 8.08. The van der Waals surface area contributed by atoms with Crippen molar-refractivity contribution in [3.8, 4) is 0 Å². The van der Waals surface area contributed by atoms with Gasteiger partial charge in [0.05, 0.1) is 5.75 Å². The van der Waals surface area contributed by atoms with Crippen molar-refractivity contribution in [3.05, 3.63) is 20.0 Å². The molecule has 1 N–H and O–H groups in total. The second kappa shape index (κ2) is 5.19. The van der Waals surface area contributed by atoms with E-state index in [0.29, 0.717) is 15.4 Å². The van der Waals surface area contributed by atoms with E-state index >= 15 is 0 Å². The summed E-state index contributed by atoms with van der Waals surface area (Å²) in [6.45, 7) is 3.87. The Hall–Kier alpha value is -0.860. The molecule has 0 aliphatic rings. The molecule has 0 radical (unpaired) electrons. The van der Waals surface area contributed by atoms with Crippen LogP contribution in [0.1, 0.15) is 24.9 Å². The van der Waals surface area contributed by atoms with Gasteiger partial charge < -0.3 is 0 Å². The zero-order valence-corrected chi connectivity index (χ0v) is 11.6. The summed E-state index contributed by atoms with van der Waals surface area (Å²) in [5, 5.41) is 15.5. The number of halogens is 1. The predicted octanol–water partition coefficient (Wildman–Crippen LogP) is 1.95. The first kappa shape index (κ1) is 12.6. The summed E-state index contributed by atoms with van der Waals surface area (Å²) in [6.07, 6.45) is 0. The molecule has 0 atom stereocenters. The summed E-state index contributed by atoms with van der Waals surface area (Å²) >= 11 is 8.44. The molecule has 2 heterocycles. The van der Waals surface area contributed by atoms with Gasteiger partial charge in [-0.3, -0.25) is 4.57 Å². The van der Waals surface area contributed by atoms with Crippen LogP contribution in [-0.2, 0) is 5.75 Å². The molecule has 9 heteroatoms. The van der Waals surface area contributed by atoms with Crippen molar-refractivity contribution in [1.29, 1.82) is 0 Å². The zero-order valence-electron chi connectivity index (χ0n) is 9.18. The fraction of sp³-hybridized carbons (Fsp3) is 0.500. The molecule has 2 aromatic heterocycles. The van der Waals surface area contributed by atoms with Gasteiger partial charge in [-0.05, 0) is 25.4 Å². The number of thioether (sulfide) groups is 1. The van der Waals surface area contributed by atoms with Gasteiger partial charge in [-0.1, -0.05) is 23.1 Å². The summed E-state index contributed by atoms with van der Waals surface area (Å²) in [4.78, 5) is 11.5. The maximum Gasteiger partial charge on any atom is 0.344 e. The van der Waals surface area contributed by atoms with E-state index in [1.165, 1.54) is 23.1 Å². The Morgan fingerprint density at radius 1 is 1.53 bits per heavy atom. The Morgan fingerprint density at radius 3 is 2.88 bits per heavy atom. The van der Waals surface area contributed by atoms with E-state index in [-0.39, 0.29) is 11.7 Å². The molecule has 0 fully saturated rings. The third-order valence-electron chi connectivity index (χ3n) is 1.96. The number of aromatic amines is 1. The summed E-state index contributed by atoms with van der Waals surface area (Å²) in [5.74, 6) is 0.599. The lowest BCUT2D eigenvalue weighted by Crippen LogP contribution is -2.19. The van der Waals surface area contributed by atoms with E-state index in [1.54, 1.807) is 4.57 Å². The zero-order chi connectivity index (χ0) is 12.4. The second-order valence-electron chi connectivity index (χ2n) is 3.51. The normalized spacial score (nSPS) is 11.3. The maximum atomic E-state index is 11.5. The van der Waals surface area contributed by atoms with Gasteiger partial charge in [-0.2, -0.15) is 0 Å². The van der Waals surface area contributed by atoms with E-state index in [1.807, 2.05) is 13.8 Å². The highest BCUT2D eigenvalue weighted by molar-refractivity contribution is 7.98. The first-order valence-corrected chi connectivity index (χ1v) is 7.03. The van der Waals surface area contributed by atoms with Gasteiger partial charge in [0, 0.05) is 6.04 Å². The maximum absolute atomic E-state index is 11.5. The molecule has 0 saturated heterocycles. The minimum atomic E-state index is -0.196. The largest absolute Gasteiger partial charge is 0.344 e. The molecular weight excluding hydrogens is 282 g/mol. The Labute approximate surface area is 110 Å². The smallest absolute Gasteiger partial charge is 0.268 e. The molecule has 6 nitrogen and oxygen atoms in total. The Kier molecular flexibility index (Phi) is 3.85. The summed E-state index contributed by atoms with van der Waals surface area (Å²) in [7, 11) is 0. The van der Waals surface area contributed by atoms with Crippen molar-refractivity contribution >= 4 is 34.7 Å². The summed E-state index contributed by atoms with van der Waals surface area (Å²) in [6, 6.07) is 0.0711. The van der Waals surface area contributed by atoms with Crippen LogP contribution in [0.25, 0.3) is 0 Å². The standard InChI is InChI=1S/C8H10ClN5OS2/c1-4(2)14-7(15)12-13-8(14)16-3-5-10-11-6(9)17-5/h4H,3H2,1-2H3,(H,12,15). The molecular formula is C8H10ClN5OS2. The highest BCUT2D eigenvalue weighted by Crippen LogP contribution is 2.24. The molecule has 0 unspecified atom stereocenters. The first-order valence-electron chi connectivity index (χ1n) is 4.85. The van der Waals surface area contributed by atoms with Crippen LogP contribution >= 0.6 is 34.7 Å². The van der Waals surface area contributed by atoms with Gasteiger partial charge in [0.2, 0.25) is 4.47 Å². The van der Waals surface area contributed by atoms with Gasteiger partial charge in [-0.25, -0.2) is 9.89 Å². The van der Waals surface area contributed by atoms with Gasteiger partial charge in [0.15, 0.2) is 5.16 Å².